The molecule has 0 saturated carbocycles. The first kappa shape index (κ1) is 31.0. The fourth-order valence-electron chi connectivity index (χ4n) is 9.76. The molecule has 0 saturated heterocycles. The lowest BCUT2D eigenvalue weighted by Crippen LogP contribution is -2.10. The maximum absolute atomic E-state index is 5.18. The van der Waals surface area contributed by atoms with Crippen molar-refractivity contribution in [2.75, 3.05) is 0 Å². The van der Waals surface area contributed by atoms with Crippen LogP contribution in [0.15, 0.2) is 189 Å². The normalized spacial score (nSPS) is 12.7. The van der Waals surface area contributed by atoms with E-state index in [0.29, 0.717) is 0 Å². The first-order valence-electron chi connectivity index (χ1n) is 19.3. The first-order chi connectivity index (χ1) is 27.7. The van der Waals surface area contributed by atoms with E-state index < -0.39 is 0 Å². The van der Waals surface area contributed by atoms with Crippen molar-refractivity contribution in [1.29, 1.82) is 0 Å². The van der Waals surface area contributed by atoms with Crippen LogP contribution in [0, 0.1) is 0 Å². The maximum atomic E-state index is 5.18. The smallest absolute Gasteiger partial charge is 0.0895 e. The zero-order valence-electron chi connectivity index (χ0n) is 30.9. The number of aromatic nitrogens is 3. The Morgan fingerprint density at radius 3 is 1.09 bits per heavy atom. The van der Waals surface area contributed by atoms with Gasteiger partial charge in [-0.2, -0.15) is 0 Å². The molecule has 0 fully saturated rings. The van der Waals surface area contributed by atoms with Gasteiger partial charge < -0.3 is 13.7 Å². The van der Waals surface area contributed by atoms with Crippen LogP contribution in [-0.2, 0) is 0 Å². The molecule has 262 valence electrons. The average Bonchev–Trinajstić information content (AvgIpc) is 3.90. The molecule has 56 heavy (non-hydrogen) atoms. The molecule has 0 atom stereocenters. The van der Waals surface area contributed by atoms with E-state index in [1.165, 1.54) is 81.2 Å². The predicted octanol–water partition coefficient (Wildman–Crippen LogP) is 14.5. The van der Waals surface area contributed by atoms with Gasteiger partial charge in [-0.05, 0) is 41.3 Å². The Bertz CT molecular complexity index is 3680. The Morgan fingerprint density at radius 2 is 0.643 bits per heavy atom. The van der Waals surface area contributed by atoms with Crippen LogP contribution in [0.4, 0.5) is 0 Å². The summed E-state index contributed by atoms with van der Waals surface area (Å²) in [7, 11) is 0. The summed E-state index contributed by atoms with van der Waals surface area (Å²) in [5.41, 5.74) is 10.0. The number of benzene rings is 9. The minimum Gasteiger partial charge on any atom is -0.310 e. The zero-order valence-corrected chi connectivity index (χ0v) is 30.9. The summed E-state index contributed by atoms with van der Waals surface area (Å²) in [5, 5.41) is 14.6. The number of rotatable bonds is 4. The monoisotopic (exact) mass is 713 g/mol. The van der Waals surface area contributed by atoms with Gasteiger partial charge >= 0.3 is 0 Å². The molecule has 0 unspecified atom stereocenters. The Labute approximate surface area is 322 Å². The number of para-hydroxylation sites is 3. The second-order valence-corrected chi connectivity index (χ2v) is 15.0. The molecule has 3 heterocycles. The number of hydrogen-bond donors (Lipinski definition) is 0. The number of fused-ring (bicyclic) bond motifs is 15. The van der Waals surface area contributed by atoms with E-state index in [0.717, 1.165) is 33.6 Å². The highest BCUT2D eigenvalue weighted by Crippen LogP contribution is 2.46. The molecule has 0 radical (unpaired) electrons. The SMILES string of the molecule is C=C(/C(=C(\C)n1c2ccccc2c2ccc3ccccc3c21)n1c2ccccc2c2ccc3ccccc3c21)n1c2ccccc2c2ccc3ccccc3c21. The molecule has 0 aliphatic rings. The summed E-state index contributed by atoms with van der Waals surface area (Å²) < 4.78 is 7.46. The van der Waals surface area contributed by atoms with Gasteiger partial charge in [-0.15, -0.1) is 0 Å². The Morgan fingerprint density at radius 1 is 0.321 bits per heavy atom. The topological polar surface area (TPSA) is 14.8 Å². The van der Waals surface area contributed by atoms with Crippen LogP contribution in [-0.4, -0.2) is 13.7 Å². The summed E-state index contributed by atoms with van der Waals surface area (Å²) in [4.78, 5) is 0. The van der Waals surface area contributed by atoms with Crippen molar-refractivity contribution in [2.45, 2.75) is 6.92 Å². The largest absolute Gasteiger partial charge is 0.310 e. The molecule has 0 spiro atoms. The van der Waals surface area contributed by atoms with Crippen molar-refractivity contribution in [1.82, 2.24) is 13.7 Å². The molecule has 0 aliphatic carbocycles. The van der Waals surface area contributed by atoms with E-state index in [-0.39, 0.29) is 0 Å². The van der Waals surface area contributed by atoms with E-state index in [4.69, 9.17) is 6.58 Å². The summed E-state index contributed by atoms with van der Waals surface area (Å²) >= 11 is 0. The third kappa shape index (κ3) is 4.12. The molecule has 3 aromatic heterocycles. The predicted molar refractivity (Wildman–Crippen MR) is 241 cm³/mol. The quantitative estimate of drug-likeness (QED) is 0.161. The summed E-state index contributed by atoms with van der Waals surface area (Å²) in [5.74, 6) is 0. The zero-order chi connectivity index (χ0) is 37.1. The second-order valence-electron chi connectivity index (χ2n) is 15.0. The lowest BCUT2D eigenvalue weighted by molar-refractivity contribution is 1.13. The Kier molecular flexibility index (Phi) is 6.41. The molecule has 3 nitrogen and oxygen atoms in total. The Hall–Kier alpha value is -7.36. The molecule has 12 rings (SSSR count). The lowest BCUT2D eigenvalue weighted by Gasteiger charge is -2.23. The Balaban J connectivity index is 1.33. The van der Waals surface area contributed by atoms with Crippen molar-refractivity contribution in [3.8, 4) is 0 Å². The van der Waals surface area contributed by atoms with E-state index in [9.17, 15) is 0 Å². The van der Waals surface area contributed by atoms with Crippen LogP contribution in [0.5, 0.6) is 0 Å². The van der Waals surface area contributed by atoms with Crippen LogP contribution in [0.2, 0.25) is 0 Å². The van der Waals surface area contributed by atoms with Crippen molar-refractivity contribution >= 4 is 115 Å². The molecule has 0 bridgehead atoms. The average molecular weight is 714 g/mol. The van der Waals surface area contributed by atoms with Gasteiger partial charge in [0, 0.05) is 54.2 Å². The van der Waals surface area contributed by atoms with Crippen molar-refractivity contribution < 1.29 is 0 Å². The molecular formula is C53H35N3. The minimum absolute atomic E-state index is 0.909. The van der Waals surface area contributed by atoms with Gasteiger partial charge in [-0.25, -0.2) is 0 Å². The lowest BCUT2D eigenvalue weighted by atomic mass is 10.1. The van der Waals surface area contributed by atoms with Gasteiger partial charge in [0.15, 0.2) is 0 Å². The fraction of sp³-hybridized carbons (Fsp3) is 0.0189. The van der Waals surface area contributed by atoms with Crippen LogP contribution < -0.4 is 0 Å². The van der Waals surface area contributed by atoms with Crippen molar-refractivity contribution in [2.24, 2.45) is 0 Å². The van der Waals surface area contributed by atoms with Gasteiger partial charge in [0.25, 0.3) is 0 Å². The van der Waals surface area contributed by atoms with Crippen LogP contribution in [0.25, 0.3) is 115 Å². The third-order valence-electron chi connectivity index (χ3n) is 12.1. The van der Waals surface area contributed by atoms with Crippen LogP contribution in [0.1, 0.15) is 6.92 Å². The number of allylic oxidation sites excluding steroid dienone is 3. The molecular weight excluding hydrogens is 679 g/mol. The van der Waals surface area contributed by atoms with Gasteiger partial charge in [-0.1, -0.05) is 170 Å². The third-order valence-corrected chi connectivity index (χ3v) is 12.1. The van der Waals surface area contributed by atoms with Gasteiger partial charge in [0.1, 0.15) is 0 Å². The summed E-state index contributed by atoms with van der Waals surface area (Å²) in [6.07, 6.45) is 0. The summed E-state index contributed by atoms with van der Waals surface area (Å²) in [6, 6.07) is 66.5. The fourth-order valence-corrected chi connectivity index (χ4v) is 9.76. The van der Waals surface area contributed by atoms with E-state index in [2.05, 4.69) is 203 Å². The van der Waals surface area contributed by atoms with Gasteiger partial charge in [0.2, 0.25) is 0 Å². The minimum atomic E-state index is 0.909. The standard InChI is InChI=1S/C53H35N3/c1-33(54-47-24-12-9-21-41(47)44-30-27-35-15-3-6-18-38(35)51(44)54)50(56-49-26-14-11-23-43(49)46-32-29-37-17-5-8-20-40(37)53(46)56)34(2)55-48-25-13-10-22-42(48)45-31-28-36-16-4-7-19-39(36)52(45)55/h3-32H,1H2,2H3/b50-34-. The van der Waals surface area contributed by atoms with Crippen molar-refractivity contribution in [3.63, 3.8) is 0 Å². The van der Waals surface area contributed by atoms with Crippen LogP contribution >= 0.6 is 0 Å². The highest BCUT2D eigenvalue weighted by atomic mass is 15.1. The van der Waals surface area contributed by atoms with Gasteiger partial charge in [-0.3, -0.25) is 0 Å². The highest BCUT2D eigenvalue weighted by molar-refractivity contribution is 6.26. The first-order valence-corrected chi connectivity index (χ1v) is 19.3. The number of hydrogen-bond acceptors (Lipinski definition) is 0. The molecule has 9 aromatic carbocycles. The molecule has 3 heteroatoms. The number of nitrogens with zero attached hydrogens (tertiary/aromatic N) is 3. The van der Waals surface area contributed by atoms with Crippen molar-refractivity contribution in [3.05, 3.63) is 189 Å². The highest BCUT2D eigenvalue weighted by Gasteiger charge is 2.26. The molecule has 12 aromatic rings. The van der Waals surface area contributed by atoms with Crippen LogP contribution in [0.3, 0.4) is 0 Å². The maximum Gasteiger partial charge on any atom is 0.0895 e. The van der Waals surface area contributed by atoms with Gasteiger partial charge in [0.05, 0.1) is 44.5 Å². The second kappa shape index (κ2) is 11.6. The molecule has 0 amide bonds. The summed E-state index contributed by atoms with van der Waals surface area (Å²) in [6.45, 7) is 7.48. The van der Waals surface area contributed by atoms with E-state index in [1.54, 1.807) is 0 Å². The van der Waals surface area contributed by atoms with E-state index >= 15 is 0 Å². The molecule has 0 aliphatic heterocycles. The molecule has 0 N–H and O–H groups in total. The van der Waals surface area contributed by atoms with E-state index in [1.807, 2.05) is 0 Å².